The summed E-state index contributed by atoms with van der Waals surface area (Å²) < 4.78 is 31.4. The minimum atomic E-state index is -0.938. The summed E-state index contributed by atoms with van der Waals surface area (Å²) in [5, 5.41) is 0. The van der Waals surface area contributed by atoms with E-state index in [1.165, 1.54) is 6.07 Å². The van der Waals surface area contributed by atoms with Crippen LogP contribution >= 0.6 is 0 Å². The Morgan fingerprint density at radius 1 is 1.16 bits per heavy atom. The highest BCUT2D eigenvalue weighted by atomic mass is 19.1. The summed E-state index contributed by atoms with van der Waals surface area (Å²) in [5.74, 6) is -1.65. The lowest BCUT2D eigenvalue weighted by Gasteiger charge is -2.12. The van der Waals surface area contributed by atoms with Gasteiger partial charge in [-0.05, 0) is 17.2 Å². The van der Waals surface area contributed by atoms with Gasteiger partial charge < -0.3 is 4.74 Å². The van der Waals surface area contributed by atoms with Crippen molar-refractivity contribution < 1.29 is 18.3 Å². The van der Waals surface area contributed by atoms with Crippen molar-refractivity contribution in [1.82, 2.24) is 0 Å². The predicted octanol–water partition coefficient (Wildman–Crippen LogP) is 3.75. The van der Waals surface area contributed by atoms with Gasteiger partial charge in [0.05, 0.1) is 7.11 Å². The first kappa shape index (κ1) is 13.2. The molecular weight excluding hydrogens is 250 g/mol. The Morgan fingerprint density at radius 3 is 2.42 bits per heavy atom. The van der Waals surface area contributed by atoms with Crippen LogP contribution in [0, 0.1) is 5.82 Å². The highest BCUT2D eigenvalue weighted by molar-refractivity contribution is 5.93. The van der Waals surface area contributed by atoms with Crippen LogP contribution in [-0.2, 0) is 11.4 Å². The number of alkyl halides is 1. The third-order valence-corrected chi connectivity index (χ3v) is 2.87. The lowest BCUT2D eigenvalue weighted by atomic mass is 9.95. The highest BCUT2D eigenvalue weighted by Crippen LogP contribution is 2.29. The van der Waals surface area contributed by atoms with E-state index in [1.807, 2.05) is 6.07 Å². The molecule has 98 valence electrons. The Balaban J connectivity index is 2.67. The monoisotopic (exact) mass is 262 g/mol. The van der Waals surface area contributed by atoms with E-state index < -0.39 is 18.5 Å². The quantitative estimate of drug-likeness (QED) is 0.787. The largest absolute Gasteiger partial charge is 0.465 e. The van der Waals surface area contributed by atoms with E-state index in [9.17, 15) is 13.6 Å². The van der Waals surface area contributed by atoms with E-state index in [2.05, 4.69) is 4.74 Å². The van der Waals surface area contributed by atoms with Crippen molar-refractivity contribution in [2.75, 3.05) is 7.11 Å². The number of esters is 1. The van der Waals surface area contributed by atoms with Gasteiger partial charge in [0.25, 0.3) is 0 Å². The average molecular weight is 262 g/mol. The minimum absolute atomic E-state index is 0.0121. The number of carbonyl (C=O) groups is 1. The Labute approximate surface area is 109 Å². The molecule has 0 N–H and O–H groups in total. The second kappa shape index (κ2) is 5.61. The standard InChI is InChI=1S/C15H12F2O2/c1-19-15(18)14-12(9-16)11(7-8-13(14)17)10-5-3-2-4-6-10/h2-8H,9H2,1H3. The molecule has 0 bridgehead atoms. The molecular formula is C15H12F2O2. The Kier molecular flexibility index (Phi) is 3.90. The van der Waals surface area contributed by atoms with Gasteiger partial charge in [-0.15, -0.1) is 0 Å². The lowest BCUT2D eigenvalue weighted by molar-refractivity contribution is 0.0593. The molecule has 19 heavy (non-hydrogen) atoms. The number of halogens is 2. The van der Waals surface area contributed by atoms with Gasteiger partial charge in [-0.2, -0.15) is 0 Å². The van der Waals surface area contributed by atoms with Crippen molar-refractivity contribution in [3.63, 3.8) is 0 Å². The maximum Gasteiger partial charge on any atom is 0.341 e. The summed E-state index contributed by atoms with van der Waals surface area (Å²) in [6.07, 6.45) is 0. The van der Waals surface area contributed by atoms with E-state index in [0.29, 0.717) is 5.56 Å². The van der Waals surface area contributed by atoms with Crippen LogP contribution in [0.5, 0.6) is 0 Å². The van der Waals surface area contributed by atoms with Crippen LogP contribution in [0.1, 0.15) is 15.9 Å². The summed E-state index contributed by atoms with van der Waals surface area (Å²) in [4.78, 5) is 11.6. The van der Waals surface area contributed by atoms with Crippen LogP contribution in [-0.4, -0.2) is 13.1 Å². The fourth-order valence-corrected chi connectivity index (χ4v) is 1.97. The van der Waals surface area contributed by atoms with Gasteiger partial charge >= 0.3 is 5.97 Å². The molecule has 0 spiro atoms. The number of ether oxygens (including phenoxy) is 1. The third-order valence-electron chi connectivity index (χ3n) is 2.87. The summed E-state index contributed by atoms with van der Waals surface area (Å²) in [5.41, 5.74) is 0.884. The van der Waals surface area contributed by atoms with E-state index in [4.69, 9.17) is 0 Å². The van der Waals surface area contributed by atoms with Crippen LogP contribution in [0.4, 0.5) is 8.78 Å². The number of hydrogen-bond acceptors (Lipinski definition) is 2. The molecule has 0 radical (unpaired) electrons. The zero-order valence-corrected chi connectivity index (χ0v) is 10.3. The van der Waals surface area contributed by atoms with E-state index in [0.717, 1.165) is 18.7 Å². The predicted molar refractivity (Wildman–Crippen MR) is 68.0 cm³/mol. The molecule has 0 saturated carbocycles. The van der Waals surface area contributed by atoms with Gasteiger partial charge in [0, 0.05) is 5.56 Å². The molecule has 0 atom stereocenters. The van der Waals surface area contributed by atoms with Gasteiger partial charge in [-0.1, -0.05) is 36.4 Å². The molecule has 0 aromatic heterocycles. The summed E-state index contributed by atoms with van der Waals surface area (Å²) >= 11 is 0. The van der Waals surface area contributed by atoms with Crippen LogP contribution in [0.2, 0.25) is 0 Å². The molecule has 0 aliphatic rings. The second-order valence-electron chi connectivity index (χ2n) is 3.94. The molecule has 0 amide bonds. The smallest absolute Gasteiger partial charge is 0.341 e. The van der Waals surface area contributed by atoms with E-state index in [-0.39, 0.29) is 11.1 Å². The molecule has 0 aliphatic heterocycles. The number of benzene rings is 2. The van der Waals surface area contributed by atoms with Gasteiger partial charge in [-0.3, -0.25) is 0 Å². The first-order chi connectivity index (χ1) is 9.19. The van der Waals surface area contributed by atoms with Crippen LogP contribution in [0.25, 0.3) is 11.1 Å². The number of methoxy groups -OCH3 is 1. The van der Waals surface area contributed by atoms with Crippen molar-refractivity contribution in [1.29, 1.82) is 0 Å². The maximum absolute atomic E-state index is 13.7. The van der Waals surface area contributed by atoms with Crippen molar-refractivity contribution in [2.24, 2.45) is 0 Å². The van der Waals surface area contributed by atoms with Gasteiger partial charge in [0.2, 0.25) is 0 Å². The number of carbonyl (C=O) groups excluding carboxylic acids is 1. The summed E-state index contributed by atoms with van der Waals surface area (Å²) in [7, 11) is 1.14. The molecule has 2 nitrogen and oxygen atoms in total. The topological polar surface area (TPSA) is 26.3 Å². The Hall–Kier alpha value is -2.23. The Morgan fingerprint density at radius 2 is 1.84 bits per heavy atom. The van der Waals surface area contributed by atoms with Crippen LogP contribution < -0.4 is 0 Å². The molecule has 0 saturated heterocycles. The zero-order valence-electron chi connectivity index (χ0n) is 10.3. The molecule has 0 fully saturated rings. The lowest BCUT2D eigenvalue weighted by Crippen LogP contribution is -2.09. The molecule has 0 unspecified atom stereocenters. The molecule has 0 aliphatic carbocycles. The average Bonchev–Trinajstić information content (AvgIpc) is 2.46. The maximum atomic E-state index is 13.7. The van der Waals surface area contributed by atoms with Crippen LogP contribution in [0.15, 0.2) is 42.5 Å². The first-order valence-corrected chi connectivity index (χ1v) is 5.70. The molecule has 2 aromatic carbocycles. The highest BCUT2D eigenvalue weighted by Gasteiger charge is 2.21. The van der Waals surface area contributed by atoms with Gasteiger partial charge in [0.15, 0.2) is 0 Å². The molecule has 2 aromatic rings. The second-order valence-corrected chi connectivity index (χ2v) is 3.94. The normalized spacial score (nSPS) is 10.3. The molecule has 4 heteroatoms. The fourth-order valence-electron chi connectivity index (χ4n) is 1.97. The van der Waals surface area contributed by atoms with Crippen molar-refractivity contribution in [2.45, 2.75) is 6.67 Å². The van der Waals surface area contributed by atoms with Crippen LogP contribution in [0.3, 0.4) is 0 Å². The summed E-state index contributed by atoms with van der Waals surface area (Å²) in [6, 6.07) is 11.6. The minimum Gasteiger partial charge on any atom is -0.465 e. The Bertz CT molecular complexity index is 595. The number of rotatable bonds is 3. The fraction of sp³-hybridized carbons (Fsp3) is 0.133. The van der Waals surface area contributed by atoms with Gasteiger partial charge in [-0.25, -0.2) is 13.6 Å². The van der Waals surface area contributed by atoms with Crippen molar-refractivity contribution in [3.8, 4) is 11.1 Å². The first-order valence-electron chi connectivity index (χ1n) is 5.70. The molecule has 2 rings (SSSR count). The number of hydrogen-bond donors (Lipinski definition) is 0. The van der Waals surface area contributed by atoms with E-state index in [1.54, 1.807) is 24.3 Å². The van der Waals surface area contributed by atoms with Crippen molar-refractivity contribution in [3.05, 3.63) is 59.4 Å². The van der Waals surface area contributed by atoms with Crippen molar-refractivity contribution >= 4 is 5.97 Å². The summed E-state index contributed by atoms with van der Waals surface area (Å²) in [6.45, 7) is -0.938. The van der Waals surface area contributed by atoms with E-state index >= 15 is 0 Å². The zero-order chi connectivity index (χ0) is 13.8. The van der Waals surface area contributed by atoms with Gasteiger partial charge in [0.1, 0.15) is 18.1 Å². The molecule has 0 heterocycles. The third kappa shape index (κ3) is 2.47. The SMILES string of the molecule is COC(=O)c1c(F)ccc(-c2ccccc2)c1CF.